The zero-order chi connectivity index (χ0) is 15.9. The summed E-state index contributed by atoms with van der Waals surface area (Å²) in [6.45, 7) is 4.05. The Labute approximate surface area is 130 Å². The minimum atomic E-state index is -0.799. The molecule has 0 saturated heterocycles. The van der Waals surface area contributed by atoms with Crippen LogP contribution in [0.2, 0.25) is 0 Å². The van der Waals surface area contributed by atoms with Crippen molar-refractivity contribution < 1.29 is 9.90 Å². The van der Waals surface area contributed by atoms with E-state index >= 15 is 0 Å². The van der Waals surface area contributed by atoms with E-state index in [9.17, 15) is 9.90 Å². The second kappa shape index (κ2) is 7.68. The summed E-state index contributed by atoms with van der Waals surface area (Å²) in [4.78, 5) is 11.9. The quantitative estimate of drug-likeness (QED) is 0.782. The number of hydrogen-bond donors (Lipinski definition) is 2. The molecule has 1 heterocycles. The monoisotopic (exact) mass is 302 g/mol. The second-order valence-corrected chi connectivity index (χ2v) is 5.70. The zero-order valence-corrected chi connectivity index (χ0v) is 12.9. The normalized spacial score (nSPS) is 15.2. The van der Waals surface area contributed by atoms with E-state index in [4.69, 9.17) is 0 Å². The minimum Gasteiger partial charge on any atom is -0.481 e. The first-order valence-electron chi connectivity index (χ1n) is 7.63. The molecule has 0 aliphatic carbocycles. The fourth-order valence-electron chi connectivity index (χ4n) is 3.02. The Morgan fingerprint density at radius 3 is 2.59 bits per heavy atom. The first-order valence-corrected chi connectivity index (χ1v) is 7.63. The molecule has 2 rings (SSSR count). The van der Waals surface area contributed by atoms with Crippen molar-refractivity contribution >= 4 is 5.97 Å². The lowest BCUT2D eigenvalue weighted by Gasteiger charge is -2.26. The molecule has 118 valence electrons. The van der Waals surface area contributed by atoms with E-state index in [1.165, 1.54) is 0 Å². The molecule has 0 spiro atoms. The lowest BCUT2D eigenvalue weighted by molar-refractivity contribution is -0.144. The van der Waals surface area contributed by atoms with E-state index in [2.05, 4.69) is 27.5 Å². The van der Waals surface area contributed by atoms with Crippen molar-refractivity contribution in [2.24, 2.45) is 11.8 Å². The van der Waals surface area contributed by atoms with Crippen LogP contribution < -0.4 is 0 Å². The highest BCUT2D eigenvalue weighted by molar-refractivity contribution is 5.71. The molecule has 2 aromatic rings. The van der Waals surface area contributed by atoms with Crippen molar-refractivity contribution in [2.75, 3.05) is 0 Å². The molecule has 1 aromatic heterocycles. The molecule has 0 aliphatic heterocycles. The summed E-state index contributed by atoms with van der Waals surface area (Å²) in [6, 6.07) is 9.84. The van der Waals surface area contributed by atoms with Crippen molar-refractivity contribution in [1.29, 1.82) is 0 Å². The molecule has 1 aromatic carbocycles. The van der Waals surface area contributed by atoms with Crippen molar-refractivity contribution in [3.8, 4) is 0 Å². The highest BCUT2D eigenvalue weighted by Gasteiger charge is 2.36. The summed E-state index contributed by atoms with van der Waals surface area (Å²) in [6.07, 6.45) is 2.40. The van der Waals surface area contributed by atoms with Gasteiger partial charge in [0, 0.05) is 5.92 Å². The number of hydrogen-bond acceptors (Lipinski definition) is 4. The van der Waals surface area contributed by atoms with Crippen LogP contribution in [0.15, 0.2) is 30.3 Å². The van der Waals surface area contributed by atoms with Crippen molar-refractivity contribution in [3.63, 3.8) is 0 Å². The van der Waals surface area contributed by atoms with Gasteiger partial charge in [0.1, 0.15) is 0 Å². The summed E-state index contributed by atoms with van der Waals surface area (Å²) in [5.41, 5.74) is 1.08. The molecule has 0 bridgehead atoms. The van der Waals surface area contributed by atoms with Gasteiger partial charge in [0.25, 0.3) is 0 Å². The van der Waals surface area contributed by atoms with Crippen molar-refractivity contribution in [3.05, 3.63) is 41.7 Å². The molecule has 2 N–H and O–H groups in total. The van der Waals surface area contributed by atoms with E-state index in [-0.39, 0.29) is 11.8 Å². The Bertz CT molecular complexity index is 571. The lowest BCUT2D eigenvalue weighted by Crippen LogP contribution is -2.30. The first kappa shape index (κ1) is 16.1. The van der Waals surface area contributed by atoms with Gasteiger partial charge in [-0.3, -0.25) is 4.79 Å². The number of rotatable bonds is 8. The van der Waals surface area contributed by atoms with Crippen molar-refractivity contribution in [2.45, 2.75) is 39.0 Å². The summed E-state index contributed by atoms with van der Waals surface area (Å²) in [5.74, 6) is -1.10. The number of aromatic nitrogens is 4. The smallest absolute Gasteiger partial charge is 0.307 e. The first-order chi connectivity index (χ1) is 10.6. The largest absolute Gasteiger partial charge is 0.481 e. The van der Waals surface area contributed by atoms with Gasteiger partial charge in [-0.1, -0.05) is 62.2 Å². The van der Waals surface area contributed by atoms with E-state index in [0.29, 0.717) is 12.2 Å². The molecule has 6 heteroatoms. The van der Waals surface area contributed by atoms with Crippen LogP contribution in [0.4, 0.5) is 0 Å². The van der Waals surface area contributed by atoms with Gasteiger partial charge in [-0.05, 0) is 17.9 Å². The fourth-order valence-corrected chi connectivity index (χ4v) is 3.02. The van der Waals surface area contributed by atoms with Gasteiger partial charge in [0.05, 0.1) is 5.92 Å². The van der Waals surface area contributed by atoms with Crippen LogP contribution in [0.5, 0.6) is 0 Å². The number of carboxylic acid groups (broad SMARTS) is 1. The van der Waals surface area contributed by atoms with Gasteiger partial charge >= 0.3 is 5.97 Å². The number of carboxylic acids is 1. The SMILES string of the molecule is CCCC(C)[C@H](C(=O)O)[C@H](Cc1ccccc1)c1nn[nH]n1. The molecule has 0 saturated carbocycles. The molecule has 22 heavy (non-hydrogen) atoms. The fraction of sp³-hybridized carbons (Fsp3) is 0.500. The molecule has 6 nitrogen and oxygen atoms in total. The molecular formula is C16H22N4O2. The highest BCUT2D eigenvalue weighted by atomic mass is 16.4. The van der Waals surface area contributed by atoms with Crippen LogP contribution in [0.3, 0.4) is 0 Å². The number of aliphatic carboxylic acids is 1. The van der Waals surface area contributed by atoms with E-state index in [1.54, 1.807) is 0 Å². The number of benzene rings is 1. The Morgan fingerprint density at radius 2 is 2.05 bits per heavy atom. The number of nitrogens with zero attached hydrogens (tertiary/aromatic N) is 3. The van der Waals surface area contributed by atoms with Gasteiger partial charge in [-0.2, -0.15) is 5.21 Å². The number of aromatic amines is 1. The summed E-state index contributed by atoms with van der Waals surface area (Å²) in [7, 11) is 0. The van der Waals surface area contributed by atoms with Gasteiger partial charge in [0.2, 0.25) is 0 Å². The van der Waals surface area contributed by atoms with E-state index < -0.39 is 11.9 Å². The Hall–Kier alpha value is -2.24. The van der Waals surface area contributed by atoms with Crippen LogP contribution in [0, 0.1) is 11.8 Å². The molecule has 1 unspecified atom stereocenters. The highest BCUT2D eigenvalue weighted by Crippen LogP contribution is 2.33. The van der Waals surface area contributed by atoms with Gasteiger partial charge < -0.3 is 5.11 Å². The second-order valence-electron chi connectivity index (χ2n) is 5.70. The maximum atomic E-state index is 11.9. The lowest BCUT2D eigenvalue weighted by atomic mass is 9.77. The Kier molecular flexibility index (Phi) is 5.63. The van der Waals surface area contributed by atoms with Gasteiger partial charge in [-0.15, -0.1) is 10.2 Å². The molecule has 0 amide bonds. The number of H-pyrrole nitrogens is 1. The third-order valence-electron chi connectivity index (χ3n) is 4.07. The average molecular weight is 302 g/mol. The van der Waals surface area contributed by atoms with Crippen LogP contribution >= 0.6 is 0 Å². The van der Waals surface area contributed by atoms with Crippen molar-refractivity contribution in [1.82, 2.24) is 20.6 Å². The summed E-state index contributed by atoms with van der Waals surface area (Å²) >= 11 is 0. The van der Waals surface area contributed by atoms with Crippen LogP contribution in [0.1, 0.15) is 44.0 Å². The predicted octanol–water partition coefficient (Wildman–Crippen LogP) is 2.66. The molecule has 0 aliphatic rings. The van der Waals surface area contributed by atoms with Crippen LogP contribution in [-0.4, -0.2) is 31.7 Å². The summed E-state index contributed by atoms with van der Waals surface area (Å²) in [5, 5.41) is 23.9. The maximum absolute atomic E-state index is 11.9. The predicted molar refractivity (Wildman–Crippen MR) is 82.3 cm³/mol. The minimum absolute atomic E-state index is 0.0507. The average Bonchev–Trinajstić information content (AvgIpc) is 3.01. The Balaban J connectivity index is 2.31. The van der Waals surface area contributed by atoms with Gasteiger partial charge in [0.15, 0.2) is 5.82 Å². The molecule has 3 atom stereocenters. The maximum Gasteiger partial charge on any atom is 0.307 e. The molecule has 0 fully saturated rings. The zero-order valence-electron chi connectivity index (χ0n) is 12.9. The summed E-state index contributed by atoms with van der Waals surface area (Å²) < 4.78 is 0. The molecular weight excluding hydrogens is 280 g/mol. The van der Waals surface area contributed by atoms with E-state index in [1.807, 2.05) is 37.3 Å². The third kappa shape index (κ3) is 3.90. The van der Waals surface area contributed by atoms with Gasteiger partial charge in [-0.25, -0.2) is 0 Å². The number of nitrogens with one attached hydrogen (secondary N) is 1. The third-order valence-corrected chi connectivity index (χ3v) is 4.07. The molecule has 0 radical (unpaired) electrons. The van der Waals surface area contributed by atoms with Crippen LogP contribution in [-0.2, 0) is 11.2 Å². The topological polar surface area (TPSA) is 91.8 Å². The standard InChI is InChI=1S/C16H22N4O2/c1-3-7-11(2)14(16(21)22)13(15-17-19-20-18-15)10-12-8-5-4-6-9-12/h4-6,8-9,11,13-14H,3,7,10H2,1-2H3,(H,21,22)(H,17,18,19,20)/t11?,13-,14-/m0/s1. The van der Waals surface area contributed by atoms with Crippen LogP contribution in [0.25, 0.3) is 0 Å². The van der Waals surface area contributed by atoms with E-state index in [0.717, 1.165) is 18.4 Å². The number of tetrazole rings is 1. The number of carbonyl (C=O) groups is 1. The Morgan fingerprint density at radius 1 is 1.32 bits per heavy atom.